The van der Waals surface area contributed by atoms with Gasteiger partial charge in [-0.15, -0.1) is 0 Å². The summed E-state index contributed by atoms with van der Waals surface area (Å²) in [4.78, 5) is 29.8. The normalized spacial score (nSPS) is 17.0. The molecule has 3 rings (SSSR count). The van der Waals surface area contributed by atoms with Crippen LogP contribution < -0.4 is 5.32 Å². The van der Waals surface area contributed by atoms with Gasteiger partial charge in [0.05, 0.1) is 18.3 Å². The van der Waals surface area contributed by atoms with E-state index in [0.717, 1.165) is 30.4 Å². The van der Waals surface area contributed by atoms with E-state index in [1.165, 1.54) is 19.1 Å². The molecule has 0 saturated carbocycles. The Morgan fingerprint density at radius 1 is 1.27 bits per heavy atom. The second-order valence-electron chi connectivity index (χ2n) is 6.50. The lowest BCUT2D eigenvalue weighted by Gasteiger charge is -2.36. The average Bonchev–Trinajstić information content (AvgIpc) is 2.66. The summed E-state index contributed by atoms with van der Waals surface area (Å²) in [5, 5.41) is 2.57. The molecule has 1 aromatic carbocycles. The average molecular weight is 355 g/mol. The molecule has 2 amide bonds. The number of hydrogen-bond donors (Lipinski definition) is 1. The van der Waals surface area contributed by atoms with Crippen LogP contribution in [0.25, 0.3) is 11.3 Å². The molecule has 136 valence electrons. The van der Waals surface area contributed by atoms with Crippen molar-refractivity contribution in [2.24, 2.45) is 0 Å². The number of hydrogen-bond acceptors (Lipinski definition) is 3. The van der Waals surface area contributed by atoms with E-state index in [9.17, 15) is 14.0 Å². The van der Waals surface area contributed by atoms with E-state index >= 15 is 0 Å². The number of likely N-dealkylation sites (tertiary alicyclic amines) is 1. The highest BCUT2D eigenvalue weighted by molar-refractivity contribution is 5.84. The monoisotopic (exact) mass is 355 g/mol. The predicted molar refractivity (Wildman–Crippen MR) is 96.6 cm³/mol. The second-order valence-corrected chi connectivity index (χ2v) is 6.50. The Morgan fingerprint density at radius 3 is 2.81 bits per heavy atom. The van der Waals surface area contributed by atoms with Crippen LogP contribution >= 0.6 is 0 Å². The van der Waals surface area contributed by atoms with Crippen LogP contribution in [0.3, 0.4) is 0 Å². The van der Waals surface area contributed by atoms with Crippen molar-refractivity contribution < 1.29 is 14.0 Å². The molecule has 5 nitrogen and oxygen atoms in total. The predicted octanol–water partition coefficient (Wildman–Crippen LogP) is 3.08. The van der Waals surface area contributed by atoms with E-state index < -0.39 is 0 Å². The topological polar surface area (TPSA) is 62.3 Å². The van der Waals surface area contributed by atoms with Crippen LogP contribution in [0.5, 0.6) is 0 Å². The fourth-order valence-electron chi connectivity index (χ4n) is 3.30. The zero-order valence-corrected chi connectivity index (χ0v) is 14.7. The molecule has 1 aliphatic heterocycles. The van der Waals surface area contributed by atoms with Crippen molar-refractivity contribution in [1.82, 2.24) is 15.2 Å². The van der Waals surface area contributed by atoms with Gasteiger partial charge in [-0.1, -0.05) is 18.2 Å². The lowest BCUT2D eigenvalue weighted by Crippen LogP contribution is -2.43. The van der Waals surface area contributed by atoms with Crippen LogP contribution in [0, 0.1) is 5.82 Å². The van der Waals surface area contributed by atoms with E-state index in [0.29, 0.717) is 12.2 Å². The van der Waals surface area contributed by atoms with Crippen LogP contribution in [0.15, 0.2) is 42.6 Å². The van der Waals surface area contributed by atoms with E-state index in [2.05, 4.69) is 10.3 Å². The lowest BCUT2D eigenvalue weighted by atomic mass is 9.95. The molecule has 1 aliphatic rings. The summed E-state index contributed by atoms with van der Waals surface area (Å²) in [6, 6.07) is 10.1. The molecule has 1 atom stereocenters. The summed E-state index contributed by atoms with van der Waals surface area (Å²) < 4.78 is 13.4. The number of nitrogens with one attached hydrogen (secondary N) is 1. The molecule has 0 radical (unpaired) electrons. The van der Waals surface area contributed by atoms with Gasteiger partial charge in [-0.25, -0.2) is 4.39 Å². The summed E-state index contributed by atoms with van der Waals surface area (Å²) in [7, 11) is 0. The standard InChI is InChI=1S/C20H22FN3O2/c1-14(25)22-13-20(26)24-10-3-2-7-19(24)16-8-9-18(23-12-16)15-5-4-6-17(21)11-15/h4-6,8-9,11-12,19H,2-3,7,10,13H2,1H3,(H,22,25). The van der Waals surface area contributed by atoms with E-state index in [-0.39, 0.29) is 30.2 Å². The third kappa shape index (κ3) is 4.25. The van der Waals surface area contributed by atoms with Crippen LogP contribution in [-0.2, 0) is 9.59 Å². The zero-order valence-electron chi connectivity index (χ0n) is 14.7. The number of carbonyl (C=O) groups is 2. The number of pyridine rings is 1. The van der Waals surface area contributed by atoms with Crippen molar-refractivity contribution in [3.05, 3.63) is 54.0 Å². The highest BCUT2D eigenvalue weighted by atomic mass is 19.1. The summed E-state index contributed by atoms with van der Waals surface area (Å²) in [6.45, 7) is 2.09. The van der Waals surface area contributed by atoms with Gasteiger partial charge in [-0.3, -0.25) is 14.6 Å². The first-order valence-corrected chi connectivity index (χ1v) is 8.80. The Kier molecular flexibility index (Phi) is 5.61. The number of benzene rings is 1. The van der Waals surface area contributed by atoms with Gasteiger partial charge in [-0.05, 0) is 43.0 Å². The maximum Gasteiger partial charge on any atom is 0.242 e. The number of halogens is 1. The Morgan fingerprint density at radius 2 is 2.12 bits per heavy atom. The first-order valence-electron chi connectivity index (χ1n) is 8.80. The zero-order chi connectivity index (χ0) is 18.5. The van der Waals surface area contributed by atoms with Gasteiger partial charge in [0.25, 0.3) is 0 Å². The molecule has 2 aromatic rings. The highest BCUT2D eigenvalue weighted by Crippen LogP contribution is 2.31. The molecule has 2 heterocycles. The maximum absolute atomic E-state index is 13.4. The van der Waals surface area contributed by atoms with Crippen LogP contribution in [-0.4, -0.2) is 34.8 Å². The van der Waals surface area contributed by atoms with Crippen LogP contribution in [0.2, 0.25) is 0 Å². The fourth-order valence-corrected chi connectivity index (χ4v) is 3.30. The van der Waals surface area contributed by atoms with Gasteiger partial charge >= 0.3 is 0 Å². The van der Waals surface area contributed by atoms with Gasteiger partial charge in [0.1, 0.15) is 5.82 Å². The van der Waals surface area contributed by atoms with Crippen molar-refractivity contribution in [3.63, 3.8) is 0 Å². The minimum Gasteiger partial charge on any atom is -0.347 e. The molecular weight excluding hydrogens is 333 g/mol. The van der Waals surface area contributed by atoms with Gasteiger partial charge in [0, 0.05) is 25.2 Å². The largest absolute Gasteiger partial charge is 0.347 e. The van der Waals surface area contributed by atoms with Crippen molar-refractivity contribution in [3.8, 4) is 11.3 Å². The second kappa shape index (κ2) is 8.08. The van der Waals surface area contributed by atoms with Crippen molar-refractivity contribution in [2.45, 2.75) is 32.2 Å². The van der Waals surface area contributed by atoms with E-state index in [1.807, 2.05) is 23.1 Å². The molecule has 0 bridgehead atoms. The third-order valence-electron chi connectivity index (χ3n) is 4.60. The minimum atomic E-state index is -0.296. The number of amides is 2. The molecular formula is C20H22FN3O2. The molecule has 0 spiro atoms. The number of aromatic nitrogens is 1. The first-order chi connectivity index (χ1) is 12.5. The molecule has 26 heavy (non-hydrogen) atoms. The summed E-state index contributed by atoms with van der Waals surface area (Å²) in [5.41, 5.74) is 2.37. The van der Waals surface area contributed by atoms with Crippen molar-refractivity contribution in [1.29, 1.82) is 0 Å². The first kappa shape index (κ1) is 18.0. The summed E-state index contributed by atoms with van der Waals surface area (Å²) in [6.07, 6.45) is 4.62. The van der Waals surface area contributed by atoms with Gasteiger partial charge in [0.15, 0.2) is 0 Å². The van der Waals surface area contributed by atoms with Crippen molar-refractivity contribution in [2.75, 3.05) is 13.1 Å². The smallest absolute Gasteiger partial charge is 0.242 e. The molecule has 1 fully saturated rings. The number of piperidine rings is 1. The van der Waals surface area contributed by atoms with Gasteiger partial charge < -0.3 is 10.2 Å². The molecule has 1 unspecified atom stereocenters. The molecule has 1 saturated heterocycles. The summed E-state index contributed by atoms with van der Waals surface area (Å²) >= 11 is 0. The minimum absolute atomic E-state index is 0.0145. The van der Waals surface area contributed by atoms with E-state index in [4.69, 9.17) is 0 Å². The lowest BCUT2D eigenvalue weighted by molar-refractivity contribution is -0.135. The highest BCUT2D eigenvalue weighted by Gasteiger charge is 2.28. The maximum atomic E-state index is 13.4. The quantitative estimate of drug-likeness (QED) is 0.917. The van der Waals surface area contributed by atoms with E-state index in [1.54, 1.807) is 12.3 Å². The summed E-state index contributed by atoms with van der Waals surface area (Å²) in [5.74, 6) is -0.595. The molecule has 0 aliphatic carbocycles. The van der Waals surface area contributed by atoms with Crippen molar-refractivity contribution >= 4 is 11.8 Å². The number of carbonyl (C=O) groups excluding carboxylic acids is 2. The Bertz CT molecular complexity index is 792. The number of nitrogens with zero attached hydrogens (tertiary/aromatic N) is 2. The molecule has 1 N–H and O–H groups in total. The van der Waals surface area contributed by atoms with Crippen LogP contribution in [0.4, 0.5) is 4.39 Å². The Hall–Kier alpha value is -2.76. The van der Waals surface area contributed by atoms with Gasteiger partial charge in [-0.2, -0.15) is 0 Å². The third-order valence-corrected chi connectivity index (χ3v) is 4.60. The van der Waals surface area contributed by atoms with Crippen LogP contribution in [0.1, 0.15) is 37.8 Å². The number of rotatable bonds is 4. The SMILES string of the molecule is CC(=O)NCC(=O)N1CCCCC1c1ccc(-c2cccc(F)c2)nc1. The van der Waals surface area contributed by atoms with Gasteiger partial charge in [0.2, 0.25) is 11.8 Å². The molecule has 6 heteroatoms. The molecule has 1 aromatic heterocycles. The Labute approximate surface area is 152 Å². The fraction of sp³-hybridized carbons (Fsp3) is 0.350. The Balaban J connectivity index is 1.77.